The van der Waals surface area contributed by atoms with Crippen molar-refractivity contribution < 1.29 is 13.2 Å². The van der Waals surface area contributed by atoms with E-state index < -0.39 is 10.2 Å². The van der Waals surface area contributed by atoms with Crippen molar-refractivity contribution in [3.05, 3.63) is 0 Å². The van der Waals surface area contributed by atoms with Gasteiger partial charge in [0.15, 0.2) is 0 Å². The highest BCUT2D eigenvalue weighted by Gasteiger charge is 2.36. The maximum Gasteiger partial charge on any atom is 0.282 e. The van der Waals surface area contributed by atoms with Crippen LogP contribution in [0.4, 0.5) is 0 Å². The van der Waals surface area contributed by atoms with E-state index in [1.165, 1.54) is 8.61 Å². The monoisotopic (exact) mass is 265 g/mol. The van der Waals surface area contributed by atoms with Gasteiger partial charge in [-0.3, -0.25) is 0 Å². The summed E-state index contributed by atoms with van der Waals surface area (Å²) in [5.74, 6) is 0. The van der Waals surface area contributed by atoms with Crippen LogP contribution in [0, 0.1) is 0 Å². The smallest absolute Gasteiger partial charge is 0.282 e. The summed E-state index contributed by atoms with van der Waals surface area (Å²) in [5, 5.41) is 0. The molecule has 1 aliphatic heterocycles. The Balaban J connectivity index is 2.88. The highest BCUT2D eigenvalue weighted by Crippen LogP contribution is 2.18. The van der Waals surface area contributed by atoms with E-state index >= 15 is 0 Å². The molecule has 1 saturated heterocycles. The first-order valence-electron chi connectivity index (χ1n) is 6.05. The zero-order valence-corrected chi connectivity index (χ0v) is 11.6. The average Bonchev–Trinajstić information content (AvgIpc) is 2.30. The highest BCUT2D eigenvalue weighted by atomic mass is 32.2. The van der Waals surface area contributed by atoms with Crippen LogP contribution in [0.3, 0.4) is 0 Å². The van der Waals surface area contributed by atoms with Gasteiger partial charge in [-0.2, -0.15) is 17.0 Å². The van der Waals surface area contributed by atoms with E-state index in [9.17, 15) is 8.42 Å². The van der Waals surface area contributed by atoms with E-state index in [4.69, 9.17) is 10.5 Å². The number of ether oxygens (including phenoxy) is 1. The standard InChI is InChI=1S/C10H23N3O3S/c1-4-12(5-2)17(14,15)13-7-10(6-11)16-8-9(13)3/h9-10H,4-8,11H2,1-3H3. The van der Waals surface area contributed by atoms with Crippen molar-refractivity contribution in [2.45, 2.75) is 32.9 Å². The SMILES string of the molecule is CCN(CC)S(=O)(=O)N1CC(CN)OCC1C. The van der Waals surface area contributed by atoms with E-state index in [2.05, 4.69) is 0 Å². The molecule has 2 N–H and O–H groups in total. The highest BCUT2D eigenvalue weighted by molar-refractivity contribution is 7.86. The molecule has 0 spiro atoms. The molecule has 17 heavy (non-hydrogen) atoms. The number of nitrogens with zero attached hydrogens (tertiary/aromatic N) is 2. The minimum atomic E-state index is -3.39. The van der Waals surface area contributed by atoms with Gasteiger partial charge >= 0.3 is 0 Å². The van der Waals surface area contributed by atoms with Crippen molar-refractivity contribution in [3.8, 4) is 0 Å². The third kappa shape index (κ3) is 3.17. The van der Waals surface area contributed by atoms with Crippen LogP contribution >= 0.6 is 0 Å². The van der Waals surface area contributed by atoms with Gasteiger partial charge in [-0.15, -0.1) is 0 Å². The number of hydrogen-bond donors (Lipinski definition) is 1. The van der Waals surface area contributed by atoms with Crippen LogP contribution in [-0.4, -0.2) is 62.0 Å². The van der Waals surface area contributed by atoms with E-state index in [0.29, 0.717) is 32.8 Å². The lowest BCUT2D eigenvalue weighted by atomic mass is 10.2. The van der Waals surface area contributed by atoms with Crippen LogP contribution in [0.25, 0.3) is 0 Å². The van der Waals surface area contributed by atoms with Crippen molar-refractivity contribution in [3.63, 3.8) is 0 Å². The molecule has 0 radical (unpaired) electrons. The van der Waals surface area contributed by atoms with Gasteiger partial charge < -0.3 is 10.5 Å². The summed E-state index contributed by atoms with van der Waals surface area (Å²) in [6.07, 6.45) is -0.198. The lowest BCUT2D eigenvalue weighted by Crippen LogP contribution is -2.56. The van der Waals surface area contributed by atoms with E-state index in [1.807, 2.05) is 20.8 Å². The molecule has 1 aliphatic rings. The summed E-state index contributed by atoms with van der Waals surface area (Å²) in [6, 6.07) is -0.136. The molecule has 0 saturated carbocycles. The third-order valence-corrected chi connectivity index (χ3v) is 5.31. The summed E-state index contributed by atoms with van der Waals surface area (Å²) in [7, 11) is -3.39. The number of morpholine rings is 1. The summed E-state index contributed by atoms with van der Waals surface area (Å²) in [4.78, 5) is 0. The van der Waals surface area contributed by atoms with Crippen molar-refractivity contribution in [2.75, 3.05) is 32.8 Å². The summed E-state index contributed by atoms with van der Waals surface area (Å²) >= 11 is 0. The number of nitrogens with two attached hydrogens (primary N) is 1. The van der Waals surface area contributed by atoms with Crippen LogP contribution in [0.1, 0.15) is 20.8 Å². The summed E-state index contributed by atoms with van der Waals surface area (Å²) in [5.41, 5.74) is 5.54. The normalized spacial score (nSPS) is 27.6. The molecule has 2 unspecified atom stereocenters. The first kappa shape index (κ1) is 14.8. The van der Waals surface area contributed by atoms with Gasteiger partial charge in [0.1, 0.15) is 0 Å². The molecular weight excluding hydrogens is 242 g/mol. The summed E-state index contributed by atoms with van der Waals surface area (Å²) in [6.45, 7) is 7.59. The quantitative estimate of drug-likeness (QED) is 0.735. The average molecular weight is 265 g/mol. The fraction of sp³-hybridized carbons (Fsp3) is 1.00. The lowest BCUT2D eigenvalue weighted by Gasteiger charge is -2.38. The Morgan fingerprint density at radius 3 is 2.47 bits per heavy atom. The molecule has 0 aromatic carbocycles. The second-order valence-corrected chi connectivity index (χ2v) is 6.08. The fourth-order valence-electron chi connectivity index (χ4n) is 1.95. The van der Waals surface area contributed by atoms with Gasteiger partial charge in [0.25, 0.3) is 10.2 Å². The fourth-order valence-corrected chi connectivity index (χ4v) is 3.77. The molecule has 2 atom stereocenters. The lowest BCUT2D eigenvalue weighted by molar-refractivity contribution is -0.0238. The van der Waals surface area contributed by atoms with E-state index in [-0.39, 0.29) is 12.1 Å². The van der Waals surface area contributed by atoms with Crippen molar-refractivity contribution in [2.24, 2.45) is 5.73 Å². The van der Waals surface area contributed by atoms with Gasteiger partial charge in [0.05, 0.1) is 12.7 Å². The Morgan fingerprint density at radius 1 is 1.41 bits per heavy atom. The predicted molar refractivity (Wildman–Crippen MR) is 66.8 cm³/mol. The first-order valence-corrected chi connectivity index (χ1v) is 7.45. The van der Waals surface area contributed by atoms with Crippen LogP contribution in [0.2, 0.25) is 0 Å². The Labute approximate surface area is 104 Å². The molecule has 6 nitrogen and oxygen atoms in total. The molecule has 1 rings (SSSR count). The first-order chi connectivity index (χ1) is 7.97. The van der Waals surface area contributed by atoms with Crippen molar-refractivity contribution >= 4 is 10.2 Å². The third-order valence-electron chi connectivity index (χ3n) is 3.04. The molecule has 7 heteroatoms. The Kier molecular flexibility index (Phi) is 5.33. The van der Waals surface area contributed by atoms with Crippen molar-refractivity contribution in [1.29, 1.82) is 0 Å². The predicted octanol–water partition coefficient (Wildman–Crippen LogP) is -0.379. The molecular formula is C10H23N3O3S. The molecule has 0 aromatic rings. The zero-order valence-electron chi connectivity index (χ0n) is 10.8. The zero-order chi connectivity index (χ0) is 13.1. The van der Waals surface area contributed by atoms with Gasteiger partial charge in [0.2, 0.25) is 0 Å². The minimum absolute atomic E-state index is 0.136. The topological polar surface area (TPSA) is 75.9 Å². The summed E-state index contributed by atoms with van der Waals surface area (Å²) < 4.78 is 33.2. The van der Waals surface area contributed by atoms with Gasteiger partial charge in [-0.1, -0.05) is 13.8 Å². The van der Waals surface area contributed by atoms with E-state index in [1.54, 1.807) is 0 Å². The van der Waals surface area contributed by atoms with Crippen LogP contribution in [0.15, 0.2) is 0 Å². The second-order valence-electron chi connectivity index (χ2n) is 4.20. The Morgan fingerprint density at radius 2 is 2.00 bits per heavy atom. The molecule has 1 heterocycles. The van der Waals surface area contributed by atoms with Crippen LogP contribution in [-0.2, 0) is 14.9 Å². The Bertz CT molecular complexity index is 330. The molecule has 1 fully saturated rings. The molecule has 0 amide bonds. The van der Waals surface area contributed by atoms with Gasteiger partial charge in [0, 0.05) is 32.2 Å². The molecule has 102 valence electrons. The second kappa shape index (κ2) is 6.10. The molecule has 0 aliphatic carbocycles. The molecule has 0 aromatic heterocycles. The number of rotatable bonds is 5. The van der Waals surface area contributed by atoms with E-state index in [0.717, 1.165) is 0 Å². The van der Waals surface area contributed by atoms with Gasteiger partial charge in [-0.25, -0.2) is 0 Å². The molecule has 0 bridgehead atoms. The van der Waals surface area contributed by atoms with Crippen molar-refractivity contribution in [1.82, 2.24) is 8.61 Å². The maximum atomic E-state index is 12.4. The van der Waals surface area contributed by atoms with Crippen LogP contribution in [0.5, 0.6) is 0 Å². The minimum Gasteiger partial charge on any atom is -0.374 e. The van der Waals surface area contributed by atoms with Gasteiger partial charge in [-0.05, 0) is 6.92 Å². The maximum absolute atomic E-state index is 12.4. The number of hydrogen-bond acceptors (Lipinski definition) is 4. The largest absolute Gasteiger partial charge is 0.374 e. The van der Waals surface area contributed by atoms with Crippen LogP contribution < -0.4 is 5.73 Å². The Hall–Kier alpha value is -0.210.